The number of rotatable bonds is 4. The van der Waals surface area contributed by atoms with E-state index in [1.165, 1.54) is 0 Å². The third-order valence-corrected chi connectivity index (χ3v) is 3.37. The van der Waals surface area contributed by atoms with E-state index in [1.54, 1.807) is 0 Å². The smallest absolute Gasteiger partial charge is 0.0338 e. The van der Waals surface area contributed by atoms with Crippen molar-refractivity contribution < 1.29 is 0 Å². The lowest BCUT2D eigenvalue weighted by Crippen LogP contribution is -2.31. The van der Waals surface area contributed by atoms with Crippen LogP contribution in [0.4, 0.5) is 0 Å². The summed E-state index contributed by atoms with van der Waals surface area (Å²) in [5, 5.41) is 0. The topological polar surface area (TPSA) is 52.0 Å². The van der Waals surface area contributed by atoms with E-state index in [0.717, 1.165) is 10.0 Å². The first-order chi connectivity index (χ1) is 7.06. The summed E-state index contributed by atoms with van der Waals surface area (Å²) in [5.74, 6) is 0.847. The van der Waals surface area contributed by atoms with E-state index in [2.05, 4.69) is 41.9 Å². The van der Waals surface area contributed by atoms with Crippen LogP contribution in [-0.4, -0.2) is 6.54 Å². The predicted octanol–water partition coefficient (Wildman–Crippen LogP) is 2.68. The van der Waals surface area contributed by atoms with Crippen LogP contribution in [0.3, 0.4) is 0 Å². The van der Waals surface area contributed by atoms with E-state index in [9.17, 15) is 0 Å². The number of hydrogen-bond donors (Lipinski definition) is 2. The SMILES string of the molecule is CC(C)C(CN)C(N)c1ccc(Br)cc1. The van der Waals surface area contributed by atoms with Crippen molar-refractivity contribution in [2.24, 2.45) is 23.3 Å². The van der Waals surface area contributed by atoms with Crippen molar-refractivity contribution in [2.75, 3.05) is 6.54 Å². The Morgan fingerprint density at radius 1 is 1.20 bits per heavy atom. The van der Waals surface area contributed by atoms with E-state index in [-0.39, 0.29) is 6.04 Å². The van der Waals surface area contributed by atoms with Gasteiger partial charge in [0, 0.05) is 10.5 Å². The van der Waals surface area contributed by atoms with Crippen LogP contribution in [0.15, 0.2) is 28.7 Å². The predicted molar refractivity (Wildman–Crippen MR) is 68.5 cm³/mol. The summed E-state index contributed by atoms with van der Waals surface area (Å²) in [5.41, 5.74) is 13.1. The highest BCUT2D eigenvalue weighted by Gasteiger charge is 2.20. The van der Waals surface area contributed by atoms with Crippen molar-refractivity contribution >= 4 is 15.9 Å². The van der Waals surface area contributed by atoms with Crippen molar-refractivity contribution in [3.63, 3.8) is 0 Å². The molecule has 0 radical (unpaired) electrons. The quantitative estimate of drug-likeness (QED) is 0.884. The third-order valence-electron chi connectivity index (χ3n) is 2.84. The maximum Gasteiger partial charge on any atom is 0.0338 e. The van der Waals surface area contributed by atoms with E-state index in [0.29, 0.717) is 18.4 Å². The molecule has 84 valence electrons. The van der Waals surface area contributed by atoms with Crippen LogP contribution in [0, 0.1) is 11.8 Å². The van der Waals surface area contributed by atoms with Crippen LogP contribution < -0.4 is 11.5 Å². The summed E-state index contributed by atoms with van der Waals surface area (Å²) in [4.78, 5) is 0. The van der Waals surface area contributed by atoms with E-state index in [1.807, 2.05) is 12.1 Å². The highest BCUT2D eigenvalue weighted by atomic mass is 79.9. The van der Waals surface area contributed by atoms with Gasteiger partial charge in [-0.2, -0.15) is 0 Å². The molecule has 2 atom stereocenters. The van der Waals surface area contributed by atoms with Gasteiger partial charge in [-0.1, -0.05) is 41.9 Å². The summed E-state index contributed by atoms with van der Waals surface area (Å²) in [7, 11) is 0. The standard InChI is InChI=1S/C12H19BrN2/c1-8(2)11(7-14)12(15)9-3-5-10(13)6-4-9/h3-6,8,11-12H,7,14-15H2,1-2H3. The number of hydrogen-bond acceptors (Lipinski definition) is 2. The maximum absolute atomic E-state index is 6.21. The lowest BCUT2D eigenvalue weighted by Gasteiger charge is -2.26. The minimum atomic E-state index is 0.0306. The Bertz CT molecular complexity index is 295. The first kappa shape index (κ1) is 12.7. The molecule has 2 nitrogen and oxygen atoms in total. The number of halogens is 1. The minimum absolute atomic E-state index is 0.0306. The van der Waals surface area contributed by atoms with Gasteiger partial charge in [0.15, 0.2) is 0 Å². The molecule has 0 heterocycles. The Kier molecular flexibility index (Phi) is 4.77. The van der Waals surface area contributed by atoms with E-state index >= 15 is 0 Å². The van der Waals surface area contributed by atoms with Crippen molar-refractivity contribution in [2.45, 2.75) is 19.9 Å². The van der Waals surface area contributed by atoms with Crippen molar-refractivity contribution in [3.05, 3.63) is 34.3 Å². The monoisotopic (exact) mass is 270 g/mol. The van der Waals surface area contributed by atoms with Gasteiger partial charge in [-0.25, -0.2) is 0 Å². The Hall–Kier alpha value is -0.380. The van der Waals surface area contributed by atoms with Gasteiger partial charge in [-0.05, 0) is 36.1 Å². The molecule has 0 aliphatic carbocycles. The Morgan fingerprint density at radius 2 is 1.73 bits per heavy atom. The average Bonchev–Trinajstić information content (AvgIpc) is 2.19. The summed E-state index contributed by atoms with van der Waals surface area (Å²) in [6.07, 6.45) is 0. The van der Waals surface area contributed by atoms with Crippen LogP contribution in [0.1, 0.15) is 25.5 Å². The Morgan fingerprint density at radius 3 is 2.13 bits per heavy atom. The number of nitrogens with two attached hydrogens (primary N) is 2. The number of benzene rings is 1. The second kappa shape index (κ2) is 5.64. The second-order valence-corrected chi connectivity index (χ2v) is 5.14. The zero-order valence-electron chi connectivity index (χ0n) is 9.28. The largest absolute Gasteiger partial charge is 0.330 e. The van der Waals surface area contributed by atoms with Gasteiger partial charge < -0.3 is 11.5 Å². The summed E-state index contributed by atoms with van der Waals surface area (Å²) >= 11 is 3.41. The highest BCUT2D eigenvalue weighted by molar-refractivity contribution is 9.10. The molecule has 4 N–H and O–H groups in total. The molecule has 0 aliphatic heterocycles. The van der Waals surface area contributed by atoms with Gasteiger partial charge in [-0.15, -0.1) is 0 Å². The third kappa shape index (κ3) is 3.30. The van der Waals surface area contributed by atoms with Crippen LogP contribution >= 0.6 is 15.9 Å². The molecule has 0 bridgehead atoms. The summed E-state index contributed by atoms with van der Waals surface area (Å²) < 4.78 is 1.08. The lowest BCUT2D eigenvalue weighted by molar-refractivity contribution is 0.331. The molecule has 1 rings (SSSR count). The van der Waals surface area contributed by atoms with Gasteiger partial charge in [-0.3, -0.25) is 0 Å². The molecule has 0 saturated heterocycles. The van der Waals surface area contributed by atoms with Gasteiger partial charge >= 0.3 is 0 Å². The van der Waals surface area contributed by atoms with Crippen LogP contribution in [0.5, 0.6) is 0 Å². The van der Waals surface area contributed by atoms with Crippen LogP contribution in [0.2, 0.25) is 0 Å². The van der Waals surface area contributed by atoms with Gasteiger partial charge in [0.05, 0.1) is 0 Å². The fraction of sp³-hybridized carbons (Fsp3) is 0.500. The van der Waals surface area contributed by atoms with Gasteiger partial charge in [0.2, 0.25) is 0 Å². The first-order valence-corrected chi connectivity index (χ1v) is 6.06. The van der Waals surface area contributed by atoms with Crippen molar-refractivity contribution in [1.82, 2.24) is 0 Å². The molecule has 0 aromatic heterocycles. The molecular formula is C12H19BrN2. The van der Waals surface area contributed by atoms with Gasteiger partial charge in [0.25, 0.3) is 0 Å². The minimum Gasteiger partial charge on any atom is -0.330 e. The maximum atomic E-state index is 6.21. The Balaban J connectivity index is 2.82. The first-order valence-electron chi connectivity index (χ1n) is 5.27. The molecule has 3 heteroatoms. The molecule has 0 fully saturated rings. The highest BCUT2D eigenvalue weighted by Crippen LogP contribution is 2.26. The van der Waals surface area contributed by atoms with Crippen LogP contribution in [-0.2, 0) is 0 Å². The fourth-order valence-electron chi connectivity index (χ4n) is 1.77. The molecule has 0 saturated carbocycles. The molecule has 1 aromatic rings. The second-order valence-electron chi connectivity index (χ2n) is 4.22. The van der Waals surface area contributed by atoms with E-state index < -0.39 is 0 Å². The fourth-order valence-corrected chi connectivity index (χ4v) is 2.03. The average molecular weight is 271 g/mol. The van der Waals surface area contributed by atoms with Gasteiger partial charge in [0.1, 0.15) is 0 Å². The van der Waals surface area contributed by atoms with Crippen molar-refractivity contribution in [1.29, 1.82) is 0 Å². The Labute approximate surface area is 100 Å². The molecule has 2 unspecified atom stereocenters. The molecule has 0 amide bonds. The zero-order chi connectivity index (χ0) is 11.4. The van der Waals surface area contributed by atoms with Crippen molar-refractivity contribution in [3.8, 4) is 0 Å². The summed E-state index contributed by atoms with van der Waals surface area (Å²) in [6, 6.07) is 8.18. The summed E-state index contributed by atoms with van der Waals surface area (Å²) in [6.45, 7) is 4.96. The molecule has 0 aliphatic rings. The molecular weight excluding hydrogens is 252 g/mol. The molecule has 15 heavy (non-hydrogen) atoms. The van der Waals surface area contributed by atoms with E-state index in [4.69, 9.17) is 11.5 Å². The van der Waals surface area contributed by atoms with Crippen LogP contribution in [0.25, 0.3) is 0 Å². The molecule has 1 aromatic carbocycles. The normalized spacial score (nSPS) is 15.3. The molecule has 0 spiro atoms. The zero-order valence-corrected chi connectivity index (χ0v) is 10.9. The lowest BCUT2D eigenvalue weighted by atomic mass is 9.85.